The van der Waals surface area contributed by atoms with Crippen LogP contribution in [0.15, 0.2) is 11.6 Å². The lowest BCUT2D eigenvalue weighted by Crippen LogP contribution is -2.71. The van der Waals surface area contributed by atoms with Crippen LogP contribution in [0.4, 0.5) is 0 Å². The normalized spacial score (nSPS) is 54.1. The Morgan fingerprint density at radius 3 is 1.63 bits per heavy atom. The standard InChI is InChI=1S/C55H92O23/c1-23(57)30-15-17-55(64)31-13-12-28-18-29(14-16-53(28,6)39(31)41(59)50(63)54(30,55)7)73-36-19-32(65-8)45(24(2)69-36)75-37-20-33(66-9)46(25(3)70-37)76-38-21-34(67-10)47(26(4)71-38)77-52-44(62)49(68-11)48(27(5)72-52)78-51-43(61)42(60)40(58)35(22-56)74-51/h12,23-27,29-52,56-64H,13-22H2,1-11H3/t23-,24?,25?,26?,27?,29-,30+,31?,32?,33?,34?,35?,36?,37?,38?,39?,40?,41-,42?,43?,44?,45?,46?,47?,48?,49?,50+,51?,52?,53-,54-,55-/m1/s1. The van der Waals surface area contributed by atoms with Gasteiger partial charge in [-0.05, 0) is 90.4 Å². The molecule has 4 aliphatic carbocycles. The zero-order chi connectivity index (χ0) is 56.5. The minimum absolute atomic E-state index is 0.160. The third kappa shape index (κ3) is 11.0. The molecule has 0 radical (unpaired) electrons. The molecule has 9 rings (SSSR count). The second-order valence-corrected chi connectivity index (χ2v) is 24.4. The Labute approximate surface area is 457 Å². The highest BCUT2D eigenvalue weighted by Crippen LogP contribution is 2.68. The topological polar surface area (TPSA) is 311 Å². The summed E-state index contributed by atoms with van der Waals surface area (Å²) in [6, 6.07) is 0. The van der Waals surface area contributed by atoms with Crippen LogP contribution in [0.1, 0.15) is 106 Å². The average Bonchev–Trinajstić information content (AvgIpc) is 3.89. The van der Waals surface area contributed by atoms with Crippen LogP contribution in [-0.2, 0) is 66.3 Å². The molecule has 0 bridgehead atoms. The zero-order valence-corrected chi connectivity index (χ0v) is 47.1. The van der Waals surface area contributed by atoms with Crippen molar-refractivity contribution in [1.82, 2.24) is 0 Å². The molecule has 9 N–H and O–H groups in total. The summed E-state index contributed by atoms with van der Waals surface area (Å²) in [7, 11) is 6.16. The third-order valence-corrected chi connectivity index (χ3v) is 20.2. The summed E-state index contributed by atoms with van der Waals surface area (Å²) in [4.78, 5) is 0. The van der Waals surface area contributed by atoms with Gasteiger partial charge in [0, 0.05) is 59.0 Å². The number of fused-ring (bicyclic) bond motifs is 5. The van der Waals surface area contributed by atoms with Crippen molar-refractivity contribution < 1.29 is 112 Å². The Bertz CT molecular complexity index is 2000. The molecule has 78 heavy (non-hydrogen) atoms. The maximum atomic E-state index is 12.5. The lowest BCUT2D eigenvalue weighted by atomic mass is 9.44. The van der Waals surface area contributed by atoms with Crippen LogP contribution in [0.2, 0.25) is 0 Å². The molecule has 5 heterocycles. The molecule has 23 nitrogen and oxygen atoms in total. The first kappa shape index (κ1) is 61.4. The first-order valence-corrected chi connectivity index (χ1v) is 28.4. The smallest absolute Gasteiger partial charge is 0.187 e. The number of aliphatic hydroxyl groups excluding tert-OH is 8. The number of hydrogen-bond donors (Lipinski definition) is 9. The highest BCUT2D eigenvalue weighted by Gasteiger charge is 2.73. The molecule has 0 amide bonds. The van der Waals surface area contributed by atoms with Crippen LogP contribution >= 0.6 is 0 Å². The molecular formula is C55H92O23. The summed E-state index contributed by atoms with van der Waals surface area (Å²) in [6.07, 6.45) is -16.3. The fraction of sp³-hybridized carbons (Fsp3) is 0.964. The minimum atomic E-state index is -1.67. The summed E-state index contributed by atoms with van der Waals surface area (Å²) in [6.45, 7) is 12.4. The van der Waals surface area contributed by atoms with Gasteiger partial charge in [0.15, 0.2) is 31.5 Å². The highest BCUT2D eigenvalue weighted by atomic mass is 16.8. The van der Waals surface area contributed by atoms with E-state index in [1.54, 1.807) is 42.1 Å². The highest BCUT2D eigenvalue weighted by molar-refractivity contribution is 5.31. The van der Waals surface area contributed by atoms with Gasteiger partial charge in [0.2, 0.25) is 0 Å². The maximum Gasteiger partial charge on any atom is 0.187 e. The number of methoxy groups -OCH3 is 4. The summed E-state index contributed by atoms with van der Waals surface area (Å²) in [5.41, 5.74) is -1.53. The van der Waals surface area contributed by atoms with E-state index in [0.29, 0.717) is 51.4 Å². The summed E-state index contributed by atoms with van der Waals surface area (Å²) < 4.78 is 87.1. The monoisotopic (exact) mass is 1120 g/mol. The molecule has 0 aromatic carbocycles. The molecule has 0 aromatic rings. The van der Waals surface area contributed by atoms with Gasteiger partial charge < -0.3 is 112 Å². The lowest BCUT2D eigenvalue weighted by molar-refractivity contribution is -0.374. The Hall–Kier alpha value is -1.18. The van der Waals surface area contributed by atoms with Crippen LogP contribution in [0.25, 0.3) is 0 Å². The molecule has 450 valence electrons. The summed E-state index contributed by atoms with van der Waals surface area (Å²) in [5.74, 6) is -0.922. The second kappa shape index (κ2) is 24.4. The quantitative estimate of drug-likeness (QED) is 0.0939. The molecule has 23 heteroatoms. The fourth-order valence-electron chi connectivity index (χ4n) is 15.8. The van der Waals surface area contributed by atoms with Gasteiger partial charge in [-0.25, -0.2) is 0 Å². The predicted octanol–water partition coefficient (Wildman–Crippen LogP) is 0.299. The molecule has 24 unspecified atom stereocenters. The van der Waals surface area contributed by atoms with Gasteiger partial charge >= 0.3 is 0 Å². The lowest BCUT2D eigenvalue weighted by Gasteiger charge is -2.64. The number of aliphatic hydroxyl groups is 9. The average molecular weight is 1120 g/mol. The van der Waals surface area contributed by atoms with Crippen LogP contribution in [0.5, 0.6) is 0 Å². The Morgan fingerprint density at radius 2 is 1.10 bits per heavy atom. The van der Waals surface area contributed by atoms with Crippen LogP contribution in [0, 0.1) is 28.6 Å². The molecule has 0 aromatic heterocycles. The van der Waals surface area contributed by atoms with E-state index >= 15 is 0 Å². The van der Waals surface area contributed by atoms with Crippen LogP contribution in [0.3, 0.4) is 0 Å². The van der Waals surface area contributed by atoms with Gasteiger partial charge in [-0.2, -0.15) is 0 Å². The first-order chi connectivity index (χ1) is 37.0. The molecule has 0 spiro atoms. The van der Waals surface area contributed by atoms with E-state index in [1.165, 1.54) is 12.7 Å². The van der Waals surface area contributed by atoms with Crippen molar-refractivity contribution in [3.8, 4) is 0 Å². The zero-order valence-electron chi connectivity index (χ0n) is 47.1. The molecular weight excluding hydrogens is 1030 g/mol. The number of rotatable bonds is 16. The third-order valence-electron chi connectivity index (χ3n) is 20.2. The van der Waals surface area contributed by atoms with Crippen molar-refractivity contribution >= 4 is 0 Å². The Morgan fingerprint density at radius 1 is 0.590 bits per heavy atom. The molecule has 9 aliphatic rings. The maximum absolute atomic E-state index is 12.5. The Balaban J connectivity index is 0.762. The van der Waals surface area contributed by atoms with E-state index in [1.807, 2.05) is 20.8 Å². The second-order valence-electron chi connectivity index (χ2n) is 24.4. The van der Waals surface area contributed by atoms with E-state index in [0.717, 1.165) is 0 Å². The van der Waals surface area contributed by atoms with Crippen molar-refractivity contribution in [3.05, 3.63) is 11.6 Å². The van der Waals surface area contributed by atoms with Crippen LogP contribution in [-0.4, -0.2) is 246 Å². The van der Waals surface area contributed by atoms with Gasteiger partial charge in [-0.1, -0.05) is 25.5 Å². The van der Waals surface area contributed by atoms with Crippen molar-refractivity contribution in [2.24, 2.45) is 28.6 Å². The van der Waals surface area contributed by atoms with E-state index < -0.39 is 177 Å². The van der Waals surface area contributed by atoms with E-state index in [4.69, 9.17) is 66.3 Å². The van der Waals surface area contributed by atoms with E-state index in [-0.39, 0.29) is 30.3 Å². The Kier molecular flexibility index (Phi) is 19.2. The molecule has 8 fully saturated rings. The van der Waals surface area contributed by atoms with Crippen LogP contribution < -0.4 is 0 Å². The molecule has 5 saturated heterocycles. The molecule has 3 saturated carbocycles. The van der Waals surface area contributed by atoms with Crippen molar-refractivity contribution in [1.29, 1.82) is 0 Å². The van der Waals surface area contributed by atoms with Gasteiger partial charge in [0.25, 0.3) is 0 Å². The van der Waals surface area contributed by atoms with Crippen molar-refractivity contribution in [2.45, 2.75) is 271 Å². The van der Waals surface area contributed by atoms with Gasteiger partial charge in [-0.15, -0.1) is 0 Å². The van der Waals surface area contributed by atoms with Gasteiger partial charge in [0.1, 0.15) is 61.0 Å². The molecule has 32 atom stereocenters. The fourth-order valence-corrected chi connectivity index (χ4v) is 15.8. The summed E-state index contributed by atoms with van der Waals surface area (Å²) in [5, 5.41) is 99.2. The largest absolute Gasteiger partial charge is 0.394 e. The van der Waals surface area contributed by atoms with Gasteiger partial charge in [0.05, 0.1) is 79.4 Å². The summed E-state index contributed by atoms with van der Waals surface area (Å²) >= 11 is 0. The van der Waals surface area contributed by atoms with E-state index in [9.17, 15) is 46.0 Å². The van der Waals surface area contributed by atoms with E-state index in [2.05, 4.69) is 13.0 Å². The SMILES string of the molecule is COC1CC(O[C@@H]2CC[C@]3(C)C(=CCC4C3[C@@H](O)[C@H](O)[C@@]3(C)[C@H]([C@@H](C)O)CC[C@@]43O)C2)OC(C)C1OC1CC(OC)C(OC2CC(OC)C(OC3OC(C)C(OC4OC(CO)C(O)C(O)C4O)C(OC)C3O)C(C)O2)C(C)O1. The minimum Gasteiger partial charge on any atom is -0.394 e. The predicted molar refractivity (Wildman–Crippen MR) is 270 cm³/mol. The number of allylic oxidation sites excluding steroid dienone is 1. The van der Waals surface area contributed by atoms with Gasteiger partial charge in [-0.3, -0.25) is 0 Å². The van der Waals surface area contributed by atoms with Crippen molar-refractivity contribution in [3.63, 3.8) is 0 Å². The number of ether oxygens (including phenoxy) is 14. The first-order valence-electron chi connectivity index (χ1n) is 28.4. The molecule has 5 aliphatic heterocycles. The number of hydrogen-bond acceptors (Lipinski definition) is 23. The van der Waals surface area contributed by atoms with Crippen molar-refractivity contribution in [2.75, 3.05) is 35.0 Å².